The molecule has 0 fully saturated rings. The Balaban J connectivity index is 1.74. The van der Waals surface area contributed by atoms with Gasteiger partial charge in [-0.25, -0.2) is 4.98 Å². The minimum absolute atomic E-state index is 0.0834. The minimum Gasteiger partial charge on any atom is -0.308 e. The lowest BCUT2D eigenvalue weighted by Crippen LogP contribution is -2.35. The molecular formula is C18H16N2OS. The second kappa shape index (κ2) is 5.21. The highest BCUT2D eigenvalue weighted by Gasteiger charge is 2.23. The molecule has 1 aliphatic heterocycles. The molecule has 0 N–H and O–H groups in total. The number of aromatic nitrogens is 1. The van der Waals surface area contributed by atoms with Crippen molar-refractivity contribution >= 4 is 33.1 Å². The molecule has 4 rings (SSSR count). The number of anilines is 1. The van der Waals surface area contributed by atoms with Gasteiger partial charge in [0.2, 0.25) is 0 Å². The van der Waals surface area contributed by atoms with Crippen molar-refractivity contribution in [3.63, 3.8) is 0 Å². The zero-order valence-electron chi connectivity index (χ0n) is 12.4. The Morgan fingerprint density at radius 1 is 1.23 bits per heavy atom. The maximum Gasteiger partial charge on any atom is 0.258 e. The lowest BCUT2D eigenvalue weighted by Gasteiger charge is -2.30. The fourth-order valence-corrected chi connectivity index (χ4v) is 3.80. The maximum absolute atomic E-state index is 12.9. The summed E-state index contributed by atoms with van der Waals surface area (Å²) < 4.78 is 1.06. The quantitative estimate of drug-likeness (QED) is 0.675. The molecule has 22 heavy (non-hydrogen) atoms. The van der Waals surface area contributed by atoms with Gasteiger partial charge in [0.15, 0.2) is 0 Å². The Kier molecular flexibility index (Phi) is 3.19. The molecule has 0 radical (unpaired) electrons. The number of rotatable bonds is 1. The molecule has 1 aromatic heterocycles. The summed E-state index contributed by atoms with van der Waals surface area (Å²) in [5.74, 6) is 0.0834. The van der Waals surface area contributed by atoms with Crippen LogP contribution in [-0.4, -0.2) is 17.4 Å². The number of thiazole rings is 1. The number of amides is 1. The molecular weight excluding hydrogens is 292 g/mol. The Morgan fingerprint density at radius 3 is 3.05 bits per heavy atom. The number of carbonyl (C=O) groups is 1. The maximum atomic E-state index is 12.9. The van der Waals surface area contributed by atoms with E-state index in [1.807, 2.05) is 28.6 Å². The van der Waals surface area contributed by atoms with Gasteiger partial charge in [-0.1, -0.05) is 17.7 Å². The fourth-order valence-electron chi connectivity index (χ4n) is 3.08. The van der Waals surface area contributed by atoms with Crippen molar-refractivity contribution in [3.8, 4) is 0 Å². The standard InChI is InChI=1S/C18H16N2OS/c1-12-4-7-16-13(9-12)3-2-8-20(16)18(21)14-5-6-15-17(10-14)22-11-19-15/h4-7,9-11H,2-3,8H2,1H3. The van der Waals surface area contributed by atoms with E-state index in [9.17, 15) is 4.79 Å². The van der Waals surface area contributed by atoms with Gasteiger partial charge in [0.25, 0.3) is 5.91 Å². The Hall–Kier alpha value is -2.20. The molecule has 2 aromatic carbocycles. The molecule has 1 amide bonds. The van der Waals surface area contributed by atoms with E-state index in [1.54, 1.807) is 11.3 Å². The molecule has 0 aliphatic carbocycles. The van der Waals surface area contributed by atoms with E-state index < -0.39 is 0 Å². The van der Waals surface area contributed by atoms with Crippen molar-refractivity contribution in [2.45, 2.75) is 19.8 Å². The molecule has 0 saturated carbocycles. The second-order valence-electron chi connectivity index (χ2n) is 5.73. The van der Waals surface area contributed by atoms with Crippen LogP contribution in [0.2, 0.25) is 0 Å². The van der Waals surface area contributed by atoms with Crippen LogP contribution in [0.3, 0.4) is 0 Å². The highest BCUT2D eigenvalue weighted by Crippen LogP contribution is 2.30. The van der Waals surface area contributed by atoms with Crippen molar-refractivity contribution in [3.05, 3.63) is 58.6 Å². The zero-order valence-corrected chi connectivity index (χ0v) is 13.2. The first-order chi connectivity index (χ1) is 10.7. The predicted octanol–water partition coefficient (Wildman–Crippen LogP) is 4.20. The van der Waals surface area contributed by atoms with E-state index in [4.69, 9.17) is 0 Å². The fraction of sp³-hybridized carbons (Fsp3) is 0.222. The lowest BCUT2D eigenvalue weighted by molar-refractivity contribution is 0.0985. The highest BCUT2D eigenvalue weighted by molar-refractivity contribution is 7.16. The molecule has 1 aliphatic rings. The summed E-state index contributed by atoms with van der Waals surface area (Å²) >= 11 is 1.57. The van der Waals surface area contributed by atoms with E-state index in [-0.39, 0.29) is 5.91 Å². The largest absolute Gasteiger partial charge is 0.308 e. The monoisotopic (exact) mass is 308 g/mol. The van der Waals surface area contributed by atoms with Gasteiger partial charge < -0.3 is 4.90 Å². The highest BCUT2D eigenvalue weighted by atomic mass is 32.1. The summed E-state index contributed by atoms with van der Waals surface area (Å²) in [5, 5.41) is 0. The van der Waals surface area contributed by atoms with Crippen LogP contribution in [0, 0.1) is 6.92 Å². The van der Waals surface area contributed by atoms with Gasteiger partial charge in [-0.3, -0.25) is 4.79 Å². The number of aryl methyl sites for hydroxylation is 2. The van der Waals surface area contributed by atoms with Gasteiger partial charge in [0.05, 0.1) is 15.7 Å². The summed E-state index contributed by atoms with van der Waals surface area (Å²) in [6.07, 6.45) is 2.07. The van der Waals surface area contributed by atoms with E-state index in [0.29, 0.717) is 0 Å². The average molecular weight is 308 g/mol. The number of fused-ring (bicyclic) bond motifs is 2. The minimum atomic E-state index is 0.0834. The molecule has 110 valence electrons. The number of hydrogen-bond donors (Lipinski definition) is 0. The van der Waals surface area contributed by atoms with E-state index >= 15 is 0 Å². The molecule has 3 aromatic rings. The SMILES string of the molecule is Cc1ccc2c(c1)CCCN2C(=O)c1ccc2ncsc2c1. The van der Waals surface area contributed by atoms with Crippen LogP contribution in [0.15, 0.2) is 41.9 Å². The summed E-state index contributed by atoms with van der Waals surface area (Å²) in [6.45, 7) is 2.88. The second-order valence-corrected chi connectivity index (χ2v) is 6.61. The van der Waals surface area contributed by atoms with Gasteiger partial charge >= 0.3 is 0 Å². The third-order valence-electron chi connectivity index (χ3n) is 4.18. The third kappa shape index (κ3) is 2.20. The summed E-state index contributed by atoms with van der Waals surface area (Å²) in [7, 11) is 0. The smallest absolute Gasteiger partial charge is 0.258 e. The van der Waals surface area contributed by atoms with Crippen molar-refractivity contribution in [1.29, 1.82) is 0 Å². The van der Waals surface area contributed by atoms with E-state index in [1.165, 1.54) is 11.1 Å². The zero-order chi connectivity index (χ0) is 15.1. The molecule has 2 heterocycles. The van der Waals surface area contributed by atoms with Gasteiger partial charge in [-0.15, -0.1) is 11.3 Å². The number of benzene rings is 2. The molecule has 0 unspecified atom stereocenters. The summed E-state index contributed by atoms with van der Waals surface area (Å²) in [4.78, 5) is 19.1. The van der Waals surface area contributed by atoms with Crippen LogP contribution >= 0.6 is 11.3 Å². The van der Waals surface area contributed by atoms with Crippen molar-refractivity contribution in [2.24, 2.45) is 0 Å². The van der Waals surface area contributed by atoms with Crippen molar-refractivity contribution in [2.75, 3.05) is 11.4 Å². The van der Waals surface area contributed by atoms with Gasteiger partial charge in [0, 0.05) is 17.8 Å². The molecule has 0 bridgehead atoms. The number of hydrogen-bond acceptors (Lipinski definition) is 3. The van der Waals surface area contributed by atoms with Crippen LogP contribution in [0.5, 0.6) is 0 Å². The molecule has 4 heteroatoms. The first-order valence-electron chi connectivity index (χ1n) is 7.47. The summed E-state index contributed by atoms with van der Waals surface area (Å²) in [6, 6.07) is 12.1. The molecule has 0 atom stereocenters. The van der Waals surface area contributed by atoms with E-state index in [0.717, 1.165) is 40.9 Å². The average Bonchev–Trinajstić information content (AvgIpc) is 3.00. The first kappa shape index (κ1) is 13.5. The topological polar surface area (TPSA) is 33.2 Å². The van der Waals surface area contributed by atoms with Gasteiger partial charge in [0.1, 0.15) is 0 Å². The molecule has 3 nitrogen and oxygen atoms in total. The van der Waals surface area contributed by atoms with Crippen molar-refractivity contribution < 1.29 is 4.79 Å². The Labute approximate surface area is 133 Å². The van der Waals surface area contributed by atoms with Crippen LogP contribution in [-0.2, 0) is 6.42 Å². The predicted molar refractivity (Wildman–Crippen MR) is 90.8 cm³/mol. The van der Waals surface area contributed by atoms with E-state index in [2.05, 4.69) is 30.1 Å². The Bertz CT molecular complexity index is 868. The molecule has 0 saturated heterocycles. The van der Waals surface area contributed by atoms with Crippen LogP contribution < -0.4 is 4.90 Å². The van der Waals surface area contributed by atoms with Crippen LogP contribution in [0.1, 0.15) is 27.9 Å². The first-order valence-corrected chi connectivity index (χ1v) is 8.35. The lowest BCUT2D eigenvalue weighted by atomic mass is 9.99. The van der Waals surface area contributed by atoms with Crippen LogP contribution in [0.4, 0.5) is 5.69 Å². The van der Waals surface area contributed by atoms with Crippen LogP contribution in [0.25, 0.3) is 10.2 Å². The number of nitrogens with zero attached hydrogens (tertiary/aromatic N) is 2. The van der Waals surface area contributed by atoms with Gasteiger partial charge in [-0.05, 0) is 49.6 Å². The Morgan fingerprint density at radius 2 is 2.14 bits per heavy atom. The normalized spacial score (nSPS) is 14.1. The number of carbonyl (C=O) groups excluding carboxylic acids is 1. The summed E-state index contributed by atoms with van der Waals surface area (Å²) in [5.41, 5.74) is 7.10. The molecule has 0 spiro atoms. The van der Waals surface area contributed by atoms with Gasteiger partial charge in [-0.2, -0.15) is 0 Å². The van der Waals surface area contributed by atoms with Crippen molar-refractivity contribution in [1.82, 2.24) is 4.98 Å². The third-order valence-corrected chi connectivity index (χ3v) is 4.97.